The first-order valence-corrected chi connectivity index (χ1v) is 9.13. The normalized spacial score (nSPS) is 26.9. The molecule has 0 unspecified atom stereocenters. The highest BCUT2D eigenvalue weighted by Crippen LogP contribution is 2.49. The molecular formula is C17H22N2O3S. The summed E-state index contributed by atoms with van der Waals surface area (Å²) in [7, 11) is 0. The van der Waals surface area contributed by atoms with Crippen LogP contribution in [0.5, 0.6) is 0 Å². The van der Waals surface area contributed by atoms with E-state index >= 15 is 0 Å². The molecule has 1 heterocycles. The van der Waals surface area contributed by atoms with E-state index in [1.807, 2.05) is 0 Å². The van der Waals surface area contributed by atoms with Crippen molar-refractivity contribution in [2.24, 2.45) is 17.8 Å². The first-order chi connectivity index (χ1) is 11.0. The summed E-state index contributed by atoms with van der Waals surface area (Å²) >= 11 is 1.18. The second kappa shape index (κ2) is 6.91. The zero-order chi connectivity index (χ0) is 16.4. The number of thioether (sulfide) groups is 1. The van der Waals surface area contributed by atoms with E-state index in [1.165, 1.54) is 43.5 Å². The topological polar surface area (TPSA) is 79.3 Å². The fourth-order valence-corrected chi connectivity index (χ4v) is 4.91. The van der Waals surface area contributed by atoms with Crippen LogP contribution in [0.4, 0.5) is 0 Å². The van der Waals surface area contributed by atoms with Crippen LogP contribution in [0.15, 0.2) is 23.4 Å². The van der Waals surface area contributed by atoms with E-state index in [4.69, 9.17) is 5.11 Å². The monoisotopic (exact) mass is 334 g/mol. The third-order valence-corrected chi connectivity index (χ3v) is 6.17. The van der Waals surface area contributed by atoms with Gasteiger partial charge in [-0.15, -0.1) is 0 Å². The van der Waals surface area contributed by atoms with Gasteiger partial charge in [0.2, 0.25) is 5.91 Å². The molecule has 23 heavy (non-hydrogen) atoms. The Balaban J connectivity index is 1.51. The van der Waals surface area contributed by atoms with Gasteiger partial charge < -0.3 is 10.4 Å². The average molecular weight is 334 g/mol. The molecule has 2 bridgehead atoms. The number of hydrogen-bond donors (Lipinski definition) is 2. The summed E-state index contributed by atoms with van der Waals surface area (Å²) in [5.74, 6) is 1.38. The molecule has 5 nitrogen and oxygen atoms in total. The molecule has 124 valence electrons. The van der Waals surface area contributed by atoms with Gasteiger partial charge in [-0.3, -0.25) is 4.79 Å². The molecule has 1 amide bonds. The molecule has 1 aromatic rings. The molecule has 0 spiro atoms. The summed E-state index contributed by atoms with van der Waals surface area (Å²) in [4.78, 5) is 27.4. The van der Waals surface area contributed by atoms with Gasteiger partial charge in [0.05, 0.1) is 11.3 Å². The van der Waals surface area contributed by atoms with Crippen LogP contribution in [-0.4, -0.2) is 33.8 Å². The van der Waals surface area contributed by atoms with Crippen molar-refractivity contribution >= 4 is 23.6 Å². The number of pyridine rings is 1. The van der Waals surface area contributed by atoms with Crippen LogP contribution < -0.4 is 5.32 Å². The molecule has 2 aliphatic rings. The maximum atomic E-state index is 12.2. The minimum absolute atomic E-state index is 0.0488. The molecule has 2 N–H and O–H groups in total. The first kappa shape index (κ1) is 16.3. The highest BCUT2D eigenvalue weighted by atomic mass is 32.2. The maximum absolute atomic E-state index is 12.2. The van der Waals surface area contributed by atoms with Gasteiger partial charge >= 0.3 is 5.97 Å². The number of carboxylic acid groups (broad SMARTS) is 1. The van der Waals surface area contributed by atoms with Crippen molar-refractivity contribution in [2.75, 3.05) is 5.75 Å². The van der Waals surface area contributed by atoms with Crippen LogP contribution >= 0.6 is 11.8 Å². The Morgan fingerprint density at radius 3 is 2.91 bits per heavy atom. The predicted molar refractivity (Wildman–Crippen MR) is 88.5 cm³/mol. The minimum Gasteiger partial charge on any atom is -0.478 e. The third kappa shape index (κ3) is 3.68. The van der Waals surface area contributed by atoms with Crippen molar-refractivity contribution in [1.82, 2.24) is 10.3 Å². The Bertz CT molecular complexity index is 607. The van der Waals surface area contributed by atoms with E-state index in [1.54, 1.807) is 12.3 Å². The molecule has 6 heteroatoms. The van der Waals surface area contributed by atoms with Gasteiger partial charge in [0.1, 0.15) is 5.03 Å². The van der Waals surface area contributed by atoms with Gasteiger partial charge in [0, 0.05) is 12.2 Å². The lowest BCUT2D eigenvalue weighted by molar-refractivity contribution is -0.119. The van der Waals surface area contributed by atoms with E-state index in [-0.39, 0.29) is 23.3 Å². The maximum Gasteiger partial charge on any atom is 0.338 e. The standard InChI is InChI=1S/C17H22N2O3S/c1-10(14-8-11-4-5-12(14)7-11)19-15(20)9-23-16-13(17(21)22)3-2-6-18-16/h2-3,6,10-12,14H,4-5,7-9H2,1H3,(H,19,20)(H,21,22)/t10-,11+,12+,14-/m1/s1. The smallest absolute Gasteiger partial charge is 0.338 e. The Morgan fingerprint density at radius 1 is 1.43 bits per heavy atom. The predicted octanol–water partition coefficient (Wildman–Crippen LogP) is 2.81. The molecular weight excluding hydrogens is 312 g/mol. The van der Waals surface area contributed by atoms with E-state index in [2.05, 4.69) is 17.2 Å². The number of carbonyl (C=O) groups is 2. The van der Waals surface area contributed by atoms with Gasteiger partial charge in [0.15, 0.2) is 0 Å². The average Bonchev–Trinajstić information content (AvgIpc) is 3.16. The number of carbonyl (C=O) groups excluding carboxylic acids is 1. The number of aromatic nitrogens is 1. The number of nitrogens with one attached hydrogen (secondary N) is 1. The molecule has 2 saturated carbocycles. The van der Waals surface area contributed by atoms with Crippen molar-refractivity contribution in [1.29, 1.82) is 0 Å². The van der Waals surface area contributed by atoms with Crippen molar-refractivity contribution < 1.29 is 14.7 Å². The first-order valence-electron chi connectivity index (χ1n) is 8.15. The quantitative estimate of drug-likeness (QED) is 0.782. The number of nitrogens with zero attached hydrogens (tertiary/aromatic N) is 1. The van der Waals surface area contributed by atoms with Gasteiger partial charge in [0.25, 0.3) is 0 Å². The Kier molecular flexibility index (Phi) is 4.90. The fraction of sp³-hybridized carbons (Fsp3) is 0.588. The zero-order valence-corrected chi connectivity index (χ0v) is 14.0. The summed E-state index contributed by atoms with van der Waals surface area (Å²) in [5, 5.41) is 12.6. The van der Waals surface area contributed by atoms with E-state index in [0.29, 0.717) is 10.9 Å². The molecule has 2 fully saturated rings. The Morgan fingerprint density at radius 2 is 2.26 bits per heavy atom. The SMILES string of the molecule is C[C@@H](NC(=O)CSc1ncccc1C(=O)O)[C@H]1C[C@H]2CC[C@H]1C2. The van der Waals surface area contributed by atoms with Gasteiger partial charge in [-0.05, 0) is 56.1 Å². The van der Waals surface area contributed by atoms with Crippen LogP contribution in [-0.2, 0) is 4.79 Å². The zero-order valence-electron chi connectivity index (χ0n) is 13.2. The largest absolute Gasteiger partial charge is 0.478 e. The van der Waals surface area contributed by atoms with Crippen LogP contribution in [0, 0.1) is 17.8 Å². The van der Waals surface area contributed by atoms with Crippen molar-refractivity contribution in [3.8, 4) is 0 Å². The van der Waals surface area contributed by atoms with Crippen LogP contribution in [0.25, 0.3) is 0 Å². The van der Waals surface area contributed by atoms with Gasteiger partial charge in [-0.2, -0.15) is 0 Å². The van der Waals surface area contributed by atoms with E-state index in [0.717, 1.165) is 11.8 Å². The Labute approximate surface area is 140 Å². The van der Waals surface area contributed by atoms with Crippen molar-refractivity contribution in [2.45, 2.75) is 43.7 Å². The van der Waals surface area contributed by atoms with Crippen LogP contribution in [0.3, 0.4) is 0 Å². The van der Waals surface area contributed by atoms with Crippen LogP contribution in [0.2, 0.25) is 0 Å². The van der Waals surface area contributed by atoms with Gasteiger partial charge in [-0.25, -0.2) is 9.78 Å². The highest BCUT2D eigenvalue weighted by molar-refractivity contribution is 8.00. The van der Waals surface area contributed by atoms with Gasteiger partial charge in [-0.1, -0.05) is 18.2 Å². The van der Waals surface area contributed by atoms with Crippen molar-refractivity contribution in [3.05, 3.63) is 23.9 Å². The second-order valence-electron chi connectivity index (χ2n) is 6.64. The number of rotatable bonds is 6. The minimum atomic E-state index is -1.02. The third-order valence-electron chi connectivity index (χ3n) is 5.17. The molecule has 0 aromatic carbocycles. The molecule has 1 aromatic heterocycles. The number of amides is 1. The number of fused-ring (bicyclic) bond motifs is 2. The lowest BCUT2D eigenvalue weighted by Crippen LogP contribution is -2.40. The molecule has 2 aliphatic carbocycles. The highest BCUT2D eigenvalue weighted by Gasteiger charge is 2.42. The summed E-state index contributed by atoms with van der Waals surface area (Å²) in [5.41, 5.74) is 0.145. The van der Waals surface area contributed by atoms with E-state index < -0.39 is 5.97 Å². The molecule has 0 saturated heterocycles. The molecule has 0 radical (unpaired) electrons. The lowest BCUT2D eigenvalue weighted by atomic mass is 9.84. The Hall–Kier alpha value is -1.56. The van der Waals surface area contributed by atoms with E-state index in [9.17, 15) is 9.59 Å². The van der Waals surface area contributed by atoms with Crippen molar-refractivity contribution in [3.63, 3.8) is 0 Å². The lowest BCUT2D eigenvalue weighted by Gasteiger charge is -2.28. The second-order valence-corrected chi connectivity index (χ2v) is 7.61. The molecule has 4 atom stereocenters. The molecule has 0 aliphatic heterocycles. The summed E-state index contributed by atoms with van der Waals surface area (Å²) in [6.07, 6.45) is 6.78. The number of carboxylic acids is 1. The molecule has 3 rings (SSSR count). The number of hydrogen-bond acceptors (Lipinski definition) is 4. The fourth-order valence-electron chi connectivity index (χ4n) is 4.11. The summed E-state index contributed by atoms with van der Waals surface area (Å²) in [6, 6.07) is 3.29. The summed E-state index contributed by atoms with van der Waals surface area (Å²) in [6.45, 7) is 2.09. The summed E-state index contributed by atoms with van der Waals surface area (Å²) < 4.78 is 0. The number of aromatic carboxylic acids is 1. The van der Waals surface area contributed by atoms with Crippen LogP contribution in [0.1, 0.15) is 43.0 Å².